The highest BCUT2D eigenvalue weighted by atomic mass is 16.3. The van der Waals surface area contributed by atoms with E-state index in [0.29, 0.717) is 16.8 Å². The molecule has 0 radical (unpaired) electrons. The molecular formula is C30H39N5O8. The number of carbonyl (C=O) groups is 4. The normalized spacial score (nSPS) is 29.0. The fraction of sp³-hybridized carbons (Fsp3) is 0.533. The van der Waals surface area contributed by atoms with Gasteiger partial charge >= 0.3 is 0 Å². The Labute approximate surface area is 249 Å². The van der Waals surface area contributed by atoms with E-state index >= 15 is 0 Å². The number of amides is 2. The van der Waals surface area contributed by atoms with Crippen LogP contribution in [0.1, 0.15) is 36.0 Å². The Morgan fingerprint density at radius 2 is 1.84 bits per heavy atom. The predicted octanol–water partition coefficient (Wildman–Crippen LogP) is -0.260. The van der Waals surface area contributed by atoms with Crippen molar-refractivity contribution in [1.29, 1.82) is 0 Å². The molecule has 2 amide bonds. The molecule has 1 heterocycles. The minimum atomic E-state index is -2.70. The maximum Gasteiger partial charge on any atom is 0.255 e. The summed E-state index contributed by atoms with van der Waals surface area (Å²) in [7, 11) is 8.57. The maximum atomic E-state index is 14.1. The third-order valence-electron chi connectivity index (χ3n) is 9.53. The number of hydrogen-bond donors (Lipinski definition) is 6. The molecule has 1 aromatic rings. The largest absolute Gasteiger partial charge is 0.508 e. The van der Waals surface area contributed by atoms with Gasteiger partial charge in [-0.2, -0.15) is 0 Å². The Balaban J connectivity index is 1.62. The molecule has 1 aromatic carbocycles. The van der Waals surface area contributed by atoms with Gasteiger partial charge in [0.1, 0.15) is 22.8 Å². The Kier molecular flexibility index (Phi) is 7.56. The van der Waals surface area contributed by atoms with Crippen LogP contribution in [0.2, 0.25) is 0 Å². The summed E-state index contributed by atoms with van der Waals surface area (Å²) >= 11 is 0. The van der Waals surface area contributed by atoms with Crippen LogP contribution in [-0.2, 0) is 32.1 Å². The van der Waals surface area contributed by atoms with Gasteiger partial charge in [-0.15, -0.1) is 0 Å². The molecule has 13 heteroatoms. The van der Waals surface area contributed by atoms with Crippen LogP contribution in [0.25, 0.3) is 5.76 Å². The summed E-state index contributed by atoms with van der Waals surface area (Å²) in [4.78, 5) is 57.6. The number of likely N-dealkylation sites (N-methyl/N-ethyl adjacent to an activating group) is 2. The van der Waals surface area contributed by atoms with Crippen LogP contribution >= 0.6 is 0 Å². The number of benzene rings is 1. The number of aromatic hydroxyl groups is 1. The number of Topliss-reactive ketones (excluding diaryl/α,β-unsaturated/α-hetero) is 2. The van der Waals surface area contributed by atoms with E-state index in [9.17, 15) is 39.6 Å². The van der Waals surface area contributed by atoms with Crippen LogP contribution in [-0.4, -0.2) is 113 Å². The molecule has 1 aliphatic heterocycles. The Bertz CT molecular complexity index is 1500. The summed E-state index contributed by atoms with van der Waals surface area (Å²) in [6.07, 6.45) is 1.81. The first-order chi connectivity index (χ1) is 20.1. The number of phenols is 1. The average Bonchev–Trinajstić information content (AvgIpc) is 3.35. The van der Waals surface area contributed by atoms with Gasteiger partial charge in [0.15, 0.2) is 11.4 Å². The summed E-state index contributed by atoms with van der Waals surface area (Å²) in [6, 6.07) is 0.299. The van der Waals surface area contributed by atoms with E-state index in [0.717, 1.165) is 19.4 Å². The molecule has 4 aliphatic rings. The van der Waals surface area contributed by atoms with Crippen molar-refractivity contribution >= 4 is 34.8 Å². The first-order valence-corrected chi connectivity index (χ1v) is 14.3. The number of hydrogen-bond acceptors (Lipinski definition) is 11. The van der Waals surface area contributed by atoms with Crippen LogP contribution in [0, 0.1) is 11.8 Å². The summed E-state index contributed by atoms with van der Waals surface area (Å²) in [5.41, 5.74) is 3.12. The van der Waals surface area contributed by atoms with Crippen molar-refractivity contribution in [2.45, 2.75) is 49.9 Å². The third kappa shape index (κ3) is 4.48. The highest BCUT2D eigenvalue weighted by Gasteiger charge is 2.64. The maximum absolute atomic E-state index is 14.1. The molecular weight excluding hydrogens is 558 g/mol. The first-order valence-electron chi connectivity index (χ1n) is 14.3. The molecule has 13 nitrogen and oxygen atoms in total. The van der Waals surface area contributed by atoms with Gasteiger partial charge in [-0.25, -0.2) is 0 Å². The lowest BCUT2D eigenvalue weighted by Crippen LogP contribution is -2.65. The lowest BCUT2D eigenvalue weighted by Gasteiger charge is -2.50. The number of anilines is 1. The van der Waals surface area contributed by atoms with Crippen LogP contribution in [0.3, 0.4) is 0 Å². The molecule has 0 bridgehead atoms. The molecule has 0 aromatic heterocycles. The number of aliphatic hydroxyl groups excluding tert-OH is 2. The number of nitrogens with two attached hydrogens (primary N) is 1. The minimum absolute atomic E-state index is 0.00606. The number of nitrogens with one attached hydrogen (secondary N) is 1. The molecule has 0 spiro atoms. The number of primary amides is 1. The van der Waals surface area contributed by atoms with Gasteiger partial charge in [0, 0.05) is 43.4 Å². The summed E-state index contributed by atoms with van der Waals surface area (Å²) < 4.78 is 0. The Morgan fingerprint density at radius 1 is 1.16 bits per heavy atom. The van der Waals surface area contributed by atoms with Gasteiger partial charge in [-0.05, 0) is 70.9 Å². The SMILES string of the molecule is CN(C)c1cc(CNC(=O)C2CCCN2C)c(O)c2c1C[C@H]1C[C@H]3[C@H](N(C)C)C(=O)C(C(N)=O)=C(O)[C@@]3(O)C(=O)C1=C2O. The monoisotopic (exact) mass is 597 g/mol. The van der Waals surface area contributed by atoms with Crippen molar-refractivity contribution in [2.75, 3.05) is 46.7 Å². The summed E-state index contributed by atoms with van der Waals surface area (Å²) in [5, 5.41) is 48.7. The standard InChI is InChI=1S/C30H39N5O8/c1-33(2)18-11-14(12-32-29(42)17-7-6-8-35(17)5)23(36)20-15(18)9-13-10-16-22(34(3)4)25(38)21(28(31)41)27(40)30(16,43)26(39)19(13)24(20)37/h11,13,16-17,22,36-37,40,43H,6-10,12H2,1-5H3,(H2,31,41)(H,32,42)/t13-,16-,17?,22-,30-/m0/s1. The van der Waals surface area contributed by atoms with Gasteiger partial charge in [0.2, 0.25) is 11.7 Å². The lowest BCUT2D eigenvalue weighted by atomic mass is 9.57. The fourth-order valence-corrected chi connectivity index (χ4v) is 7.42. The molecule has 2 fully saturated rings. The second-order valence-corrected chi connectivity index (χ2v) is 12.5. The summed E-state index contributed by atoms with van der Waals surface area (Å²) in [5.74, 6) is -7.18. The van der Waals surface area contributed by atoms with Crippen molar-refractivity contribution in [3.8, 4) is 5.75 Å². The van der Waals surface area contributed by atoms with E-state index in [2.05, 4.69) is 5.32 Å². The zero-order valence-corrected chi connectivity index (χ0v) is 25.0. The average molecular weight is 598 g/mol. The number of carbonyl (C=O) groups excluding carboxylic acids is 4. The zero-order chi connectivity index (χ0) is 31.7. The van der Waals surface area contributed by atoms with E-state index < -0.39 is 58.0 Å². The quantitative estimate of drug-likeness (QED) is 0.236. The Hall–Kier alpha value is -3.94. The fourth-order valence-electron chi connectivity index (χ4n) is 7.42. The second kappa shape index (κ2) is 10.6. The smallest absolute Gasteiger partial charge is 0.255 e. The van der Waals surface area contributed by atoms with E-state index in [-0.39, 0.29) is 48.2 Å². The highest BCUT2D eigenvalue weighted by molar-refractivity contribution is 6.24. The molecule has 1 saturated heterocycles. The van der Waals surface area contributed by atoms with E-state index in [1.165, 1.54) is 4.90 Å². The van der Waals surface area contributed by atoms with Crippen molar-refractivity contribution in [1.82, 2.24) is 15.1 Å². The van der Waals surface area contributed by atoms with Crippen molar-refractivity contribution in [3.05, 3.63) is 39.7 Å². The lowest BCUT2D eigenvalue weighted by molar-refractivity contribution is -0.153. The minimum Gasteiger partial charge on any atom is -0.508 e. The third-order valence-corrected chi connectivity index (χ3v) is 9.53. The van der Waals surface area contributed by atoms with Crippen LogP contribution in [0.5, 0.6) is 5.75 Å². The number of aliphatic hydroxyl groups is 3. The molecule has 5 atom stereocenters. The molecule has 43 heavy (non-hydrogen) atoms. The number of ketones is 2. The number of rotatable bonds is 6. The number of fused-ring (bicyclic) bond motifs is 3. The van der Waals surface area contributed by atoms with Crippen molar-refractivity contribution in [2.24, 2.45) is 17.6 Å². The predicted molar refractivity (Wildman–Crippen MR) is 156 cm³/mol. The first kappa shape index (κ1) is 30.5. The molecule has 5 rings (SSSR count). The highest BCUT2D eigenvalue weighted by Crippen LogP contribution is 2.54. The number of nitrogens with zero attached hydrogens (tertiary/aromatic N) is 3. The van der Waals surface area contributed by atoms with Crippen molar-refractivity contribution < 1.29 is 39.6 Å². The van der Waals surface area contributed by atoms with Crippen LogP contribution in [0.4, 0.5) is 5.69 Å². The van der Waals surface area contributed by atoms with Gasteiger partial charge < -0.3 is 36.4 Å². The summed E-state index contributed by atoms with van der Waals surface area (Å²) in [6.45, 7) is 0.777. The zero-order valence-electron chi connectivity index (χ0n) is 25.0. The Morgan fingerprint density at radius 3 is 2.40 bits per heavy atom. The second-order valence-electron chi connectivity index (χ2n) is 12.5. The molecule has 3 aliphatic carbocycles. The van der Waals surface area contributed by atoms with Crippen molar-refractivity contribution in [3.63, 3.8) is 0 Å². The van der Waals surface area contributed by atoms with Crippen LogP contribution < -0.4 is 16.0 Å². The van der Waals surface area contributed by atoms with Gasteiger partial charge in [0.05, 0.1) is 17.6 Å². The molecule has 1 saturated carbocycles. The molecule has 232 valence electrons. The van der Waals surface area contributed by atoms with E-state index in [4.69, 9.17) is 5.73 Å². The van der Waals surface area contributed by atoms with Crippen LogP contribution in [0.15, 0.2) is 23.0 Å². The van der Waals surface area contributed by atoms with E-state index in [1.807, 2.05) is 11.9 Å². The topological polar surface area (TPSA) is 197 Å². The van der Waals surface area contributed by atoms with Gasteiger partial charge in [0.25, 0.3) is 5.91 Å². The number of phenolic OH excluding ortho intramolecular Hbond substituents is 1. The van der Waals surface area contributed by atoms with E-state index in [1.54, 1.807) is 39.2 Å². The molecule has 1 unspecified atom stereocenters. The molecule has 7 N–H and O–H groups in total. The van der Waals surface area contributed by atoms with Gasteiger partial charge in [-0.1, -0.05) is 0 Å². The number of likely N-dealkylation sites (tertiary alicyclic amines) is 1. The van der Waals surface area contributed by atoms with Gasteiger partial charge in [-0.3, -0.25) is 29.0 Å².